The Morgan fingerprint density at radius 1 is 1.05 bits per heavy atom. The highest BCUT2D eigenvalue weighted by molar-refractivity contribution is 5.77. The van der Waals surface area contributed by atoms with Gasteiger partial charge in [-0.2, -0.15) is 0 Å². The second-order valence-electron chi connectivity index (χ2n) is 2.91. The zero-order chi connectivity index (χ0) is 15.3. The van der Waals surface area contributed by atoms with Crippen LogP contribution in [0, 0.1) is 0 Å². The number of aromatic nitrogens is 1. The minimum atomic E-state index is -0.833. The van der Waals surface area contributed by atoms with Gasteiger partial charge < -0.3 is 10.1 Å². The number of pyridine rings is 1. The highest BCUT2D eigenvalue weighted by atomic mass is 16.4. The second-order valence-corrected chi connectivity index (χ2v) is 2.91. The number of aliphatic carboxylic acids is 1. The monoisotopic (exact) mass is 265 g/mol. The van der Waals surface area contributed by atoms with Crippen LogP contribution in [-0.4, -0.2) is 16.1 Å². The molecule has 0 radical (unpaired) electrons. The van der Waals surface area contributed by atoms with Crippen LogP contribution in [0.1, 0.15) is 34.6 Å². The molecule has 1 heterocycles. The summed E-state index contributed by atoms with van der Waals surface area (Å²) in [6.07, 6.45) is 1.66. The number of hydrogen-bond acceptors (Lipinski definition) is 2. The molecule has 0 aliphatic rings. The highest BCUT2D eigenvalue weighted by Crippen LogP contribution is 2.03. The standard InChI is InChI=1S/C9H7NO.C2H4O2.2C2H6/c11-9-5-6-10-8-4-2-1-3-7(8)9;1-2(3)4;2*1-2/h1-6H,(H,10,11);1H3,(H,3,4);2*1-2H3. The largest absolute Gasteiger partial charge is 0.481 e. The van der Waals surface area contributed by atoms with Crippen molar-refractivity contribution in [1.82, 2.24) is 4.98 Å². The van der Waals surface area contributed by atoms with Gasteiger partial charge in [-0.25, -0.2) is 0 Å². The Hall–Kier alpha value is -2.10. The van der Waals surface area contributed by atoms with E-state index in [0.29, 0.717) is 0 Å². The zero-order valence-corrected chi connectivity index (χ0v) is 12.2. The molecule has 1 aromatic carbocycles. The number of carboxylic acid groups (broad SMARTS) is 1. The number of benzene rings is 1. The SMILES string of the molecule is CC.CC.CC(=O)O.O=c1cc[nH]c2ccccc12. The quantitative estimate of drug-likeness (QED) is 0.763. The van der Waals surface area contributed by atoms with E-state index in [4.69, 9.17) is 9.90 Å². The van der Waals surface area contributed by atoms with Crippen molar-refractivity contribution in [2.75, 3.05) is 0 Å². The molecule has 0 fully saturated rings. The molecular weight excluding hydrogens is 242 g/mol. The third-order valence-corrected chi connectivity index (χ3v) is 1.67. The van der Waals surface area contributed by atoms with E-state index >= 15 is 0 Å². The average molecular weight is 265 g/mol. The topological polar surface area (TPSA) is 70.2 Å². The van der Waals surface area contributed by atoms with E-state index in [2.05, 4.69) is 4.98 Å². The average Bonchev–Trinajstić information content (AvgIpc) is 2.43. The van der Waals surface area contributed by atoms with Gasteiger partial charge in [-0.1, -0.05) is 39.8 Å². The van der Waals surface area contributed by atoms with Crippen LogP contribution in [0.15, 0.2) is 41.3 Å². The Morgan fingerprint density at radius 3 is 2.00 bits per heavy atom. The van der Waals surface area contributed by atoms with Gasteiger partial charge in [-0.15, -0.1) is 0 Å². The number of hydrogen-bond donors (Lipinski definition) is 2. The van der Waals surface area contributed by atoms with E-state index in [1.807, 2.05) is 52.0 Å². The lowest BCUT2D eigenvalue weighted by molar-refractivity contribution is -0.134. The second kappa shape index (κ2) is 12.4. The van der Waals surface area contributed by atoms with Crippen LogP contribution in [0.25, 0.3) is 10.9 Å². The van der Waals surface area contributed by atoms with Crippen LogP contribution < -0.4 is 5.43 Å². The fourth-order valence-corrected chi connectivity index (χ4v) is 1.12. The Balaban J connectivity index is 0. The van der Waals surface area contributed by atoms with E-state index in [9.17, 15) is 4.79 Å². The van der Waals surface area contributed by atoms with Gasteiger partial charge in [0.2, 0.25) is 0 Å². The van der Waals surface area contributed by atoms with Crippen molar-refractivity contribution in [1.29, 1.82) is 0 Å². The van der Waals surface area contributed by atoms with E-state index in [1.165, 1.54) is 6.07 Å². The third-order valence-electron chi connectivity index (χ3n) is 1.67. The van der Waals surface area contributed by atoms with Gasteiger partial charge in [0, 0.05) is 30.1 Å². The number of carbonyl (C=O) groups is 1. The molecule has 4 heteroatoms. The van der Waals surface area contributed by atoms with Crippen molar-refractivity contribution in [3.8, 4) is 0 Å². The Kier molecular flexibility index (Phi) is 12.5. The molecule has 0 saturated heterocycles. The molecule has 2 N–H and O–H groups in total. The summed E-state index contributed by atoms with van der Waals surface area (Å²) >= 11 is 0. The molecule has 0 bridgehead atoms. The van der Waals surface area contributed by atoms with Gasteiger partial charge in [0.25, 0.3) is 5.97 Å². The van der Waals surface area contributed by atoms with Crippen LogP contribution in [0.4, 0.5) is 0 Å². The molecule has 0 amide bonds. The van der Waals surface area contributed by atoms with Crippen molar-refractivity contribution in [3.05, 3.63) is 46.8 Å². The molecule has 0 unspecified atom stereocenters. The first-order valence-electron chi connectivity index (χ1n) is 6.37. The first-order chi connectivity index (χ1) is 9.11. The lowest BCUT2D eigenvalue weighted by Gasteiger charge is -1.92. The molecule has 2 aromatic rings. The third kappa shape index (κ3) is 8.60. The van der Waals surface area contributed by atoms with E-state index < -0.39 is 5.97 Å². The number of para-hydroxylation sites is 1. The smallest absolute Gasteiger partial charge is 0.300 e. The Bertz CT molecular complexity index is 509. The van der Waals surface area contributed by atoms with Gasteiger partial charge in [0.05, 0.1) is 0 Å². The molecule has 0 spiro atoms. The number of rotatable bonds is 0. The number of aromatic amines is 1. The minimum absolute atomic E-state index is 0.0688. The summed E-state index contributed by atoms with van der Waals surface area (Å²) in [6, 6.07) is 8.99. The van der Waals surface area contributed by atoms with Crippen LogP contribution in [0.3, 0.4) is 0 Å². The first kappa shape index (κ1) is 19.2. The van der Waals surface area contributed by atoms with Crippen molar-refractivity contribution in [2.24, 2.45) is 0 Å². The highest BCUT2D eigenvalue weighted by Gasteiger charge is 1.92. The maximum atomic E-state index is 11.2. The lowest BCUT2D eigenvalue weighted by Crippen LogP contribution is -1.98. The lowest BCUT2D eigenvalue weighted by atomic mass is 10.2. The van der Waals surface area contributed by atoms with E-state index in [1.54, 1.807) is 6.20 Å². The van der Waals surface area contributed by atoms with Crippen molar-refractivity contribution in [2.45, 2.75) is 34.6 Å². The zero-order valence-electron chi connectivity index (χ0n) is 12.2. The molecule has 0 aliphatic heterocycles. The van der Waals surface area contributed by atoms with E-state index in [-0.39, 0.29) is 5.43 Å². The van der Waals surface area contributed by atoms with Gasteiger partial charge in [-0.05, 0) is 12.1 Å². The molecular formula is C15H23NO3. The molecule has 19 heavy (non-hydrogen) atoms. The molecule has 2 rings (SSSR count). The van der Waals surface area contributed by atoms with Gasteiger partial charge >= 0.3 is 0 Å². The number of fused-ring (bicyclic) bond motifs is 1. The van der Waals surface area contributed by atoms with Gasteiger partial charge in [-0.3, -0.25) is 9.59 Å². The number of H-pyrrole nitrogens is 1. The summed E-state index contributed by atoms with van der Waals surface area (Å²) in [4.78, 5) is 23.2. The van der Waals surface area contributed by atoms with Crippen LogP contribution >= 0.6 is 0 Å². The molecule has 0 saturated carbocycles. The maximum Gasteiger partial charge on any atom is 0.300 e. The predicted octanol–water partition coefficient (Wildman–Crippen LogP) is 3.67. The fourth-order valence-electron chi connectivity index (χ4n) is 1.12. The summed E-state index contributed by atoms with van der Waals surface area (Å²) in [5.41, 5.74) is 0.958. The summed E-state index contributed by atoms with van der Waals surface area (Å²) in [5, 5.41) is 8.16. The van der Waals surface area contributed by atoms with Crippen LogP contribution in [0.2, 0.25) is 0 Å². The molecule has 106 valence electrons. The first-order valence-corrected chi connectivity index (χ1v) is 6.37. The Morgan fingerprint density at radius 2 is 1.53 bits per heavy atom. The minimum Gasteiger partial charge on any atom is -0.481 e. The summed E-state index contributed by atoms with van der Waals surface area (Å²) in [5.74, 6) is -0.833. The summed E-state index contributed by atoms with van der Waals surface area (Å²) < 4.78 is 0. The van der Waals surface area contributed by atoms with Crippen molar-refractivity contribution in [3.63, 3.8) is 0 Å². The molecule has 0 atom stereocenters. The normalized spacial score (nSPS) is 7.84. The van der Waals surface area contributed by atoms with Crippen molar-refractivity contribution >= 4 is 16.9 Å². The Labute approximate surface area is 114 Å². The molecule has 1 aromatic heterocycles. The summed E-state index contributed by atoms with van der Waals surface area (Å²) in [7, 11) is 0. The number of nitrogens with one attached hydrogen (secondary N) is 1. The molecule has 4 nitrogen and oxygen atoms in total. The maximum absolute atomic E-state index is 11.2. The fraction of sp³-hybridized carbons (Fsp3) is 0.333. The molecule has 0 aliphatic carbocycles. The van der Waals surface area contributed by atoms with E-state index in [0.717, 1.165) is 17.8 Å². The number of carboxylic acids is 1. The summed E-state index contributed by atoms with van der Waals surface area (Å²) in [6.45, 7) is 9.08. The van der Waals surface area contributed by atoms with Gasteiger partial charge in [0.15, 0.2) is 5.43 Å². The van der Waals surface area contributed by atoms with Crippen LogP contribution in [-0.2, 0) is 4.79 Å². The predicted molar refractivity (Wildman–Crippen MR) is 80.6 cm³/mol. The van der Waals surface area contributed by atoms with Crippen LogP contribution in [0.5, 0.6) is 0 Å². The van der Waals surface area contributed by atoms with Gasteiger partial charge in [0.1, 0.15) is 0 Å². The van der Waals surface area contributed by atoms with Crippen molar-refractivity contribution < 1.29 is 9.90 Å².